The molecule has 0 spiro atoms. The number of phosphoric acid groups is 1. The van der Waals surface area contributed by atoms with Gasteiger partial charge in [-0.3, -0.25) is 14.4 Å². The van der Waals surface area contributed by atoms with Gasteiger partial charge in [-0.15, -0.1) is 0 Å². The van der Waals surface area contributed by atoms with E-state index >= 15 is 0 Å². The number of unbranched alkanes of at least 4 members (excludes halogenated alkanes) is 18. The van der Waals surface area contributed by atoms with Crippen molar-refractivity contribution < 1.29 is 102 Å². The van der Waals surface area contributed by atoms with Crippen LogP contribution >= 0.6 is 7.82 Å². The molecule has 1 atom stereocenters. The van der Waals surface area contributed by atoms with Crippen LogP contribution in [0.15, 0.2) is 0 Å². The zero-order valence-electron chi connectivity index (χ0n) is 28.4. The molecule has 0 saturated carbocycles. The van der Waals surface area contributed by atoms with Crippen LogP contribution in [0.1, 0.15) is 155 Å². The predicted molar refractivity (Wildman–Crippen MR) is 160 cm³/mol. The van der Waals surface area contributed by atoms with Crippen molar-refractivity contribution in [1.29, 1.82) is 0 Å². The molecule has 0 bridgehead atoms. The number of carbonyl (C=O) groups excluding carboxylic acids is 3. The molecule has 0 saturated heterocycles. The molecule has 0 rings (SSSR count). The third kappa shape index (κ3) is 38.7. The second-order valence-corrected chi connectivity index (χ2v) is 12.4. The number of hydrogen-bond acceptors (Lipinski definition) is 9. The fraction of sp³-hybridized carbons (Fsp3) is 0.903. The van der Waals surface area contributed by atoms with Gasteiger partial charge in [-0.2, -0.15) is 0 Å². The van der Waals surface area contributed by atoms with Gasteiger partial charge in [0.1, 0.15) is 6.61 Å². The largest absolute Gasteiger partial charge is 1.00 e. The van der Waals surface area contributed by atoms with Crippen molar-refractivity contribution in [2.24, 2.45) is 0 Å². The van der Waals surface area contributed by atoms with Crippen LogP contribution in [-0.4, -0.2) is 43.7 Å². The minimum Gasteiger partial charge on any atom is -0.790 e. The number of hydrogen-bond donors (Lipinski definition) is 1. The van der Waals surface area contributed by atoms with Gasteiger partial charge in [0.05, 0.1) is 14.4 Å². The second kappa shape index (κ2) is 34.8. The van der Waals surface area contributed by atoms with E-state index in [-0.39, 0.29) is 84.5 Å². The third-order valence-corrected chi connectivity index (χ3v) is 7.53. The molecule has 0 aliphatic heterocycles. The van der Waals surface area contributed by atoms with E-state index in [0.29, 0.717) is 12.8 Å². The molecular formula is C31H58NNa2O9P. The van der Waals surface area contributed by atoms with Gasteiger partial charge in [-0.25, -0.2) is 0 Å². The summed E-state index contributed by atoms with van der Waals surface area (Å²) in [6.45, 7) is 3.44. The molecule has 0 aromatic carbocycles. The van der Waals surface area contributed by atoms with Crippen LogP contribution in [0.4, 0.5) is 0 Å². The normalized spacial score (nSPS) is 11.6. The Bertz CT molecular complexity index is 741. The average Bonchev–Trinajstić information content (AvgIpc) is 2.93. The summed E-state index contributed by atoms with van der Waals surface area (Å²) in [6, 6.07) is 0. The predicted octanol–water partition coefficient (Wildman–Crippen LogP) is 0.0329. The fourth-order valence-corrected chi connectivity index (χ4v) is 4.97. The van der Waals surface area contributed by atoms with Crippen LogP contribution in [-0.2, 0) is 32.9 Å². The summed E-state index contributed by atoms with van der Waals surface area (Å²) in [6.07, 6.45) is 21.1. The summed E-state index contributed by atoms with van der Waals surface area (Å²) in [5.41, 5.74) is 0. The standard InChI is InChI=1S/C31H60NO9P.2Na/c1-3-4-5-6-7-8-9-11-15-18-21-24-31(35)41-29(27-40-42(36,37)38)26-39-30(34)23-20-17-14-12-10-13-16-19-22-25-32-28(2)33;;/h29H,3-27H2,1-2H3,(H,32,33)(H2,36,37,38);;/q;2*+1/p-2/t29-;;/m0../s1. The molecule has 1 amide bonds. The number of nitrogens with one attached hydrogen (secondary N) is 1. The van der Waals surface area contributed by atoms with Gasteiger partial charge in [0, 0.05) is 26.3 Å². The molecule has 0 aliphatic carbocycles. The maximum Gasteiger partial charge on any atom is 1.00 e. The monoisotopic (exact) mass is 665 g/mol. The SMILES string of the molecule is CCCCCCCCCCCCCC(=O)O[C@@H](COC(=O)CCCCCCCCCCCNC(C)=O)COP(=O)([O-])[O-].[Na+].[Na+]. The number of rotatable bonds is 30. The molecule has 0 radical (unpaired) electrons. The first-order valence-electron chi connectivity index (χ1n) is 16.4. The number of esters is 2. The smallest absolute Gasteiger partial charge is 0.790 e. The number of phosphoric ester groups is 1. The Hall–Kier alpha value is 0.520. The Morgan fingerprint density at radius 3 is 1.48 bits per heavy atom. The van der Waals surface area contributed by atoms with Gasteiger partial charge >= 0.3 is 71.1 Å². The quantitative estimate of drug-likeness (QED) is 0.0485. The minimum atomic E-state index is -5.25. The summed E-state index contributed by atoms with van der Waals surface area (Å²) in [4.78, 5) is 56.9. The van der Waals surface area contributed by atoms with Crippen molar-refractivity contribution in [2.45, 2.75) is 161 Å². The van der Waals surface area contributed by atoms with E-state index < -0.39 is 32.5 Å². The Labute approximate surface area is 311 Å². The summed E-state index contributed by atoms with van der Waals surface area (Å²) in [5, 5.41) is 2.79. The van der Waals surface area contributed by atoms with Crippen molar-refractivity contribution in [3.63, 3.8) is 0 Å². The average molecular weight is 666 g/mol. The van der Waals surface area contributed by atoms with E-state index in [0.717, 1.165) is 77.2 Å². The molecule has 0 unspecified atom stereocenters. The van der Waals surface area contributed by atoms with Gasteiger partial charge in [0.25, 0.3) is 0 Å². The van der Waals surface area contributed by atoms with Crippen molar-refractivity contribution in [1.82, 2.24) is 5.32 Å². The Morgan fingerprint density at radius 1 is 0.636 bits per heavy atom. The molecule has 248 valence electrons. The molecule has 10 nitrogen and oxygen atoms in total. The van der Waals surface area contributed by atoms with Gasteiger partial charge < -0.3 is 33.7 Å². The minimum absolute atomic E-state index is 0. The molecule has 0 aromatic rings. The van der Waals surface area contributed by atoms with E-state index in [1.54, 1.807) is 0 Å². The third-order valence-electron chi connectivity index (χ3n) is 7.06. The van der Waals surface area contributed by atoms with Crippen LogP contribution in [0, 0.1) is 0 Å². The number of amides is 1. The molecule has 0 aliphatic rings. The van der Waals surface area contributed by atoms with Crippen LogP contribution in [0.3, 0.4) is 0 Å². The molecule has 0 fully saturated rings. The first-order valence-corrected chi connectivity index (χ1v) is 17.9. The second-order valence-electron chi connectivity index (χ2n) is 11.2. The Morgan fingerprint density at radius 2 is 1.05 bits per heavy atom. The summed E-state index contributed by atoms with van der Waals surface area (Å²) in [5.74, 6) is -0.987. The molecular weight excluding hydrogens is 607 g/mol. The van der Waals surface area contributed by atoms with E-state index in [1.165, 1.54) is 51.9 Å². The molecule has 1 N–H and O–H groups in total. The Balaban J connectivity index is -0.00000840. The summed E-state index contributed by atoms with van der Waals surface area (Å²) in [7, 11) is -5.25. The Kier molecular flexibility index (Phi) is 38.7. The molecule has 0 aromatic heterocycles. The first-order chi connectivity index (χ1) is 20.1. The van der Waals surface area contributed by atoms with Gasteiger partial charge in [0.2, 0.25) is 5.91 Å². The van der Waals surface area contributed by atoms with Crippen LogP contribution in [0.2, 0.25) is 0 Å². The zero-order valence-corrected chi connectivity index (χ0v) is 33.3. The number of carbonyl (C=O) groups is 3. The molecule has 0 heterocycles. The van der Waals surface area contributed by atoms with Crippen LogP contribution < -0.4 is 74.2 Å². The van der Waals surface area contributed by atoms with Gasteiger partial charge in [0.15, 0.2) is 6.10 Å². The van der Waals surface area contributed by atoms with E-state index in [2.05, 4.69) is 16.8 Å². The topological polar surface area (TPSA) is 154 Å². The molecule has 44 heavy (non-hydrogen) atoms. The van der Waals surface area contributed by atoms with Crippen molar-refractivity contribution in [3.8, 4) is 0 Å². The van der Waals surface area contributed by atoms with Gasteiger partial charge in [-0.05, 0) is 19.3 Å². The summed E-state index contributed by atoms with van der Waals surface area (Å²) >= 11 is 0. The molecule has 13 heteroatoms. The summed E-state index contributed by atoms with van der Waals surface area (Å²) < 4.78 is 25.6. The van der Waals surface area contributed by atoms with E-state index in [4.69, 9.17) is 9.47 Å². The maximum atomic E-state index is 12.2. The van der Waals surface area contributed by atoms with Crippen LogP contribution in [0.5, 0.6) is 0 Å². The fourth-order valence-electron chi connectivity index (χ4n) is 4.62. The van der Waals surface area contributed by atoms with Crippen molar-refractivity contribution in [3.05, 3.63) is 0 Å². The van der Waals surface area contributed by atoms with E-state index in [9.17, 15) is 28.7 Å². The first kappa shape index (κ1) is 48.9. The van der Waals surface area contributed by atoms with Crippen molar-refractivity contribution >= 4 is 25.7 Å². The number of ether oxygens (including phenoxy) is 2. The zero-order chi connectivity index (χ0) is 31.3. The maximum absolute atomic E-state index is 12.2. The van der Waals surface area contributed by atoms with E-state index in [1.807, 2.05) is 0 Å². The van der Waals surface area contributed by atoms with Crippen LogP contribution in [0.25, 0.3) is 0 Å². The van der Waals surface area contributed by atoms with Gasteiger partial charge in [-0.1, -0.05) is 116 Å². The van der Waals surface area contributed by atoms with Crippen molar-refractivity contribution in [2.75, 3.05) is 19.8 Å².